The summed E-state index contributed by atoms with van der Waals surface area (Å²) in [5.41, 5.74) is 1.49. The summed E-state index contributed by atoms with van der Waals surface area (Å²) in [6.45, 7) is 3.05. The fourth-order valence-electron chi connectivity index (χ4n) is 5.73. The maximum Gasteiger partial charge on any atom is 0.246 e. The summed E-state index contributed by atoms with van der Waals surface area (Å²) >= 11 is 0. The standard InChI is InChI=1S/C28H38N8O4/c1-33-12-9-21(10-13-33)27(39)34-14-15-36-24(19-34)26(38)29-17-22-18-35(32-31-22)11-5-8-25(37)30-23(28(36)40)16-20-6-3-2-4-7-20/h2-4,6-7,18,21,23-24H,5,8-17,19H2,1H3,(H,29,38)(H,30,37)/t23-,24+/m0/s1. The molecule has 2 bridgehead atoms. The molecule has 2 aromatic rings. The van der Waals surface area contributed by atoms with Crippen molar-refractivity contribution in [3.63, 3.8) is 0 Å². The van der Waals surface area contributed by atoms with Gasteiger partial charge in [0.2, 0.25) is 23.6 Å². The number of likely N-dealkylation sites (tertiary alicyclic amines) is 1. The number of carbonyl (C=O) groups excluding carboxylic acids is 4. The van der Waals surface area contributed by atoms with E-state index in [1.54, 1.807) is 15.8 Å². The summed E-state index contributed by atoms with van der Waals surface area (Å²) in [6.07, 6.45) is 4.38. The molecule has 4 heterocycles. The van der Waals surface area contributed by atoms with Crippen molar-refractivity contribution >= 4 is 23.6 Å². The molecule has 2 saturated heterocycles. The number of benzene rings is 1. The van der Waals surface area contributed by atoms with Crippen LogP contribution in [0.25, 0.3) is 0 Å². The third kappa shape index (κ3) is 6.67. The summed E-state index contributed by atoms with van der Waals surface area (Å²) in [5, 5.41) is 14.0. The Morgan fingerprint density at radius 3 is 2.58 bits per heavy atom. The molecule has 0 saturated carbocycles. The average Bonchev–Trinajstić information content (AvgIpc) is 3.42. The Kier molecular flexibility index (Phi) is 8.73. The van der Waals surface area contributed by atoms with Gasteiger partial charge in [0, 0.05) is 38.4 Å². The first-order valence-electron chi connectivity index (χ1n) is 14.1. The molecule has 5 rings (SSSR count). The average molecular weight is 551 g/mol. The Labute approximate surface area is 234 Å². The largest absolute Gasteiger partial charge is 0.348 e. The van der Waals surface area contributed by atoms with Crippen molar-refractivity contribution in [1.29, 1.82) is 0 Å². The van der Waals surface area contributed by atoms with E-state index in [9.17, 15) is 19.2 Å². The smallest absolute Gasteiger partial charge is 0.246 e. The lowest BCUT2D eigenvalue weighted by atomic mass is 9.94. The lowest BCUT2D eigenvalue weighted by Gasteiger charge is -2.43. The Balaban J connectivity index is 1.39. The lowest BCUT2D eigenvalue weighted by Crippen LogP contribution is -2.65. The summed E-state index contributed by atoms with van der Waals surface area (Å²) in [6, 6.07) is 7.81. The van der Waals surface area contributed by atoms with Crippen LogP contribution >= 0.6 is 0 Å². The molecule has 3 aliphatic rings. The molecule has 0 unspecified atom stereocenters. The molecule has 12 heteroatoms. The third-order valence-electron chi connectivity index (χ3n) is 8.08. The number of aryl methyl sites for hydroxylation is 1. The summed E-state index contributed by atoms with van der Waals surface area (Å²) in [4.78, 5) is 59.5. The van der Waals surface area contributed by atoms with Gasteiger partial charge in [0.15, 0.2) is 0 Å². The minimum absolute atomic E-state index is 0.0426. The van der Waals surface area contributed by atoms with Crippen LogP contribution < -0.4 is 10.6 Å². The number of nitrogens with zero attached hydrogens (tertiary/aromatic N) is 6. The van der Waals surface area contributed by atoms with Crippen LogP contribution in [0.5, 0.6) is 0 Å². The molecule has 4 amide bonds. The van der Waals surface area contributed by atoms with Crippen LogP contribution in [0.15, 0.2) is 36.5 Å². The molecule has 1 aromatic carbocycles. The Hall–Kier alpha value is -3.80. The molecule has 0 radical (unpaired) electrons. The molecule has 2 N–H and O–H groups in total. The van der Waals surface area contributed by atoms with E-state index < -0.39 is 12.1 Å². The van der Waals surface area contributed by atoms with Crippen LogP contribution in [0.1, 0.15) is 36.9 Å². The molecule has 1 aromatic heterocycles. The number of hydrogen-bond acceptors (Lipinski definition) is 7. The second-order valence-corrected chi connectivity index (χ2v) is 11.0. The van der Waals surface area contributed by atoms with Gasteiger partial charge in [0.1, 0.15) is 17.8 Å². The number of carbonyl (C=O) groups is 4. The van der Waals surface area contributed by atoms with Gasteiger partial charge in [-0.2, -0.15) is 0 Å². The summed E-state index contributed by atoms with van der Waals surface area (Å²) in [5.74, 6) is -0.947. The number of rotatable bonds is 3. The predicted molar refractivity (Wildman–Crippen MR) is 145 cm³/mol. The first-order chi connectivity index (χ1) is 19.4. The van der Waals surface area contributed by atoms with Gasteiger partial charge >= 0.3 is 0 Å². The maximum atomic E-state index is 14.0. The van der Waals surface area contributed by atoms with Crippen LogP contribution in [-0.2, 0) is 38.7 Å². The van der Waals surface area contributed by atoms with Gasteiger partial charge in [-0.15, -0.1) is 5.10 Å². The van der Waals surface area contributed by atoms with Gasteiger partial charge in [-0.3, -0.25) is 23.9 Å². The van der Waals surface area contributed by atoms with Gasteiger partial charge in [0.05, 0.1) is 19.3 Å². The second kappa shape index (κ2) is 12.6. The minimum atomic E-state index is -0.883. The van der Waals surface area contributed by atoms with E-state index in [1.165, 1.54) is 4.90 Å². The Morgan fingerprint density at radius 1 is 1.02 bits per heavy atom. The number of hydrogen-bond donors (Lipinski definition) is 2. The molecule has 40 heavy (non-hydrogen) atoms. The van der Waals surface area contributed by atoms with E-state index in [4.69, 9.17) is 0 Å². The van der Waals surface area contributed by atoms with Crippen molar-refractivity contribution < 1.29 is 19.2 Å². The molecule has 0 spiro atoms. The van der Waals surface area contributed by atoms with Crippen LogP contribution in [0.3, 0.4) is 0 Å². The Morgan fingerprint density at radius 2 is 1.80 bits per heavy atom. The van der Waals surface area contributed by atoms with E-state index in [2.05, 4.69) is 32.9 Å². The highest BCUT2D eigenvalue weighted by molar-refractivity contribution is 5.93. The minimum Gasteiger partial charge on any atom is -0.348 e. The van der Waals surface area contributed by atoms with Gasteiger partial charge in [-0.25, -0.2) is 0 Å². The fourth-order valence-corrected chi connectivity index (χ4v) is 5.73. The number of nitrogens with one attached hydrogen (secondary N) is 2. The van der Waals surface area contributed by atoms with E-state index in [-0.39, 0.29) is 55.6 Å². The normalized spacial score (nSPS) is 24.0. The third-order valence-corrected chi connectivity index (χ3v) is 8.08. The highest BCUT2D eigenvalue weighted by atomic mass is 16.2. The molecule has 12 nitrogen and oxygen atoms in total. The van der Waals surface area contributed by atoms with E-state index in [0.29, 0.717) is 31.6 Å². The topological polar surface area (TPSA) is 133 Å². The first kappa shape index (κ1) is 27.8. The monoisotopic (exact) mass is 550 g/mol. The molecule has 3 aliphatic heterocycles. The maximum absolute atomic E-state index is 14.0. The summed E-state index contributed by atoms with van der Waals surface area (Å²) in [7, 11) is 2.05. The highest BCUT2D eigenvalue weighted by Gasteiger charge is 2.41. The number of fused-ring (bicyclic) bond motifs is 3. The molecule has 2 fully saturated rings. The number of piperazine rings is 1. The SMILES string of the molecule is CN1CCC(C(=O)N2CCN3C(=O)[C@H](Cc4ccccc4)NC(=O)CCCn4cc(nn4)CNC(=O)[C@H]3C2)CC1. The summed E-state index contributed by atoms with van der Waals surface area (Å²) < 4.78 is 1.65. The van der Waals surface area contributed by atoms with E-state index in [0.717, 1.165) is 31.5 Å². The van der Waals surface area contributed by atoms with Gasteiger partial charge in [-0.1, -0.05) is 35.5 Å². The zero-order valence-electron chi connectivity index (χ0n) is 23.0. The van der Waals surface area contributed by atoms with Gasteiger partial charge in [0.25, 0.3) is 0 Å². The second-order valence-electron chi connectivity index (χ2n) is 11.0. The van der Waals surface area contributed by atoms with E-state index in [1.807, 2.05) is 30.3 Å². The van der Waals surface area contributed by atoms with Crippen LogP contribution in [0, 0.1) is 5.92 Å². The Bertz CT molecular complexity index is 1210. The van der Waals surface area contributed by atoms with Crippen LogP contribution in [0.4, 0.5) is 0 Å². The highest BCUT2D eigenvalue weighted by Crippen LogP contribution is 2.22. The predicted octanol–water partition coefficient (Wildman–Crippen LogP) is -0.203. The van der Waals surface area contributed by atoms with Gasteiger partial charge in [-0.05, 0) is 45.0 Å². The molecule has 214 valence electrons. The van der Waals surface area contributed by atoms with Crippen molar-refractivity contribution in [3.8, 4) is 0 Å². The fraction of sp³-hybridized carbons (Fsp3) is 0.571. The van der Waals surface area contributed by atoms with Crippen molar-refractivity contribution in [2.75, 3.05) is 39.8 Å². The van der Waals surface area contributed by atoms with Gasteiger partial charge < -0.3 is 25.3 Å². The van der Waals surface area contributed by atoms with Crippen LogP contribution in [-0.4, -0.2) is 105 Å². The van der Waals surface area contributed by atoms with E-state index >= 15 is 0 Å². The lowest BCUT2D eigenvalue weighted by molar-refractivity contribution is -0.152. The van der Waals surface area contributed by atoms with Crippen LogP contribution in [0.2, 0.25) is 0 Å². The molecular formula is C28H38N8O4. The number of amides is 4. The van der Waals surface area contributed by atoms with Crippen molar-refractivity contribution in [2.24, 2.45) is 5.92 Å². The van der Waals surface area contributed by atoms with Crippen molar-refractivity contribution in [2.45, 2.75) is 57.3 Å². The molecular weight excluding hydrogens is 512 g/mol. The number of piperidine rings is 1. The van der Waals surface area contributed by atoms with Crippen molar-refractivity contribution in [1.82, 2.24) is 40.3 Å². The first-order valence-corrected chi connectivity index (χ1v) is 14.1. The quantitative estimate of drug-likeness (QED) is 0.541. The zero-order valence-corrected chi connectivity index (χ0v) is 23.0. The van der Waals surface area contributed by atoms with Crippen molar-refractivity contribution in [3.05, 3.63) is 47.8 Å². The molecule has 0 aliphatic carbocycles. The zero-order chi connectivity index (χ0) is 28.1. The number of aromatic nitrogens is 3. The molecule has 2 atom stereocenters.